The second kappa shape index (κ2) is 9.99. The van der Waals surface area contributed by atoms with Crippen LogP contribution in [0.25, 0.3) is 0 Å². The quantitative estimate of drug-likeness (QED) is 0.521. The zero-order chi connectivity index (χ0) is 22.4. The molecule has 0 amide bonds. The highest BCUT2D eigenvalue weighted by Gasteiger charge is 2.30. The predicted octanol–water partition coefficient (Wildman–Crippen LogP) is 3.61. The van der Waals surface area contributed by atoms with Crippen molar-refractivity contribution in [3.05, 3.63) is 108 Å². The Kier molecular flexibility index (Phi) is 6.90. The van der Waals surface area contributed by atoms with Crippen LogP contribution in [0.1, 0.15) is 11.1 Å². The van der Waals surface area contributed by atoms with Gasteiger partial charge in [-0.25, -0.2) is 13.1 Å². The van der Waals surface area contributed by atoms with Crippen LogP contribution in [0.2, 0.25) is 0 Å². The number of ether oxygens (including phenoxy) is 1. The number of sulfonamides is 1. The Morgan fingerprint density at radius 3 is 2.19 bits per heavy atom. The van der Waals surface area contributed by atoms with Gasteiger partial charge in [-0.1, -0.05) is 60.7 Å². The number of nitrogens with one attached hydrogen (secondary N) is 2. The summed E-state index contributed by atoms with van der Waals surface area (Å²) in [6.07, 6.45) is 2.66. The molecular formula is C25H26N2O4S. The van der Waals surface area contributed by atoms with E-state index in [0.29, 0.717) is 18.6 Å². The van der Waals surface area contributed by atoms with E-state index in [1.807, 2.05) is 66.7 Å². The second-order valence-electron chi connectivity index (χ2n) is 7.63. The average molecular weight is 451 g/mol. The van der Waals surface area contributed by atoms with Crippen LogP contribution in [-0.4, -0.2) is 27.7 Å². The molecule has 0 radical (unpaired) electrons. The third kappa shape index (κ3) is 5.56. The number of allylic oxidation sites excluding steroid dienone is 1. The monoisotopic (exact) mass is 450 g/mol. The van der Waals surface area contributed by atoms with Gasteiger partial charge in [0.05, 0.1) is 18.0 Å². The molecule has 2 unspecified atom stereocenters. The summed E-state index contributed by atoms with van der Waals surface area (Å²) in [5, 5.41) is 0. The van der Waals surface area contributed by atoms with Crippen molar-refractivity contribution in [1.29, 1.82) is 0 Å². The highest BCUT2D eigenvalue weighted by Crippen LogP contribution is 2.21. The molecule has 7 heteroatoms. The molecule has 0 aromatic heterocycles. The van der Waals surface area contributed by atoms with Crippen LogP contribution < -0.4 is 14.9 Å². The predicted molar refractivity (Wildman–Crippen MR) is 123 cm³/mol. The molecule has 1 aliphatic rings. The number of hydrogen-bond donors (Lipinski definition) is 2. The van der Waals surface area contributed by atoms with Crippen LogP contribution in [0.15, 0.2) is 102 Å². The van der Waals surface area contributed by atoms with E-state index in [9.17, 15) is 8.42 Å². The fourth-order valence-electron chi connectivity index (χ4n) is 3.63. The second-order valence-corrected chi connectivity index (χ2v) is 9.35. The summed E-state index contributed by atoms with van der Waals surface area (Å²) in [5.41, 5.74) is 6.04. The van der Waals surface area contributed by atoms with Gasteiger partial charge in [-0.05, 0) is 47.9 Å². The maximum absolute atomic E-state index is 13.1. The number of hydroxylamine groups is 1. The third-order valence-electron chi connectivity index (χ3n) is 5.30. The lowest BCUT2D eigenvalue weighted by molar-refractivity contribution is 0.0248. The highest BCUT2D eigenvalue weighted by molar-refractivity contribution is 7.89. The van der Waals surface area contributed by atoms with Crippen molar-refractivity contribution >= 4 is 10.0 Å². The third-order valence-corrected chi connectivity index (χ3v) is 6.81. The zero-order valence-corrected chi connectivity index (χ0v) is 18.6. The number of methoxy groups -OCH3 is 1. The Labute approximate surface area is 188 Å². The fourth-order valence-corrected chi connectivity index (χ4v) is 4.88. The minimum Gasteiger partial charge on any atom is -0.497 e. The maximum atomic E-state index is 13.1. The first-order chi connectivity index (χ1) is 15.5. The Balaban J connectivity index is 1.56. The summed E-state index contributed by atoms with van der Waals surface area (Å²) in [6, 6.07) is 25.7. The molecule has 2 N–H and O–H groups in total. The van der Waals surface area contributed by atoms with E-state index >= 15 is 0 Å². The Morgan fingerprint density at radius 1 is 0.938 bits per heavy atom. The number of rotatable bonds is 9. The Morgan fingerprint density at radius 2 is 1.56 bits per heavy atom. The van der Waals surface area contributed by atoms with Crippen LogP contribution >= 0.6 is 0 Å². The highest BCUT2D eigenvalue weighted by atomic mass is 32.2. The summed E-state index contributed by atoms with van der Waals surface area (Å²) in [6.45, 7) is 0. The van der Waals surface area contributed by atoms with Gasteiger partial charge in [0.2, 0.25) is 10.0 Å². The molecule has 0 saturated heterocycles. The van der Waals surface area contributed by atoms with Gasteiger partial charge in [0, 0.05) is 12.1 Å². The van der Waals surface area contributed by atoms with Gasteiger partial charge in [0.1, 0.15) is 11.9 Å². The Hall–Kier alpha value is -3.13. The lowest BCUT2D eigenvalue weighted by Crippen LogP contribution is -2.44. The molecule has 32 heavy (non-hydrogen) atoms. The number of benzene rings is 3. The van der Waals surface area contributed by atoms with Crippen molar-refractivity contribution in [1.82, 2.24) is 10.2 Å². The minimum atomic E-state index is -3.76. The van der Waals surface area contributed by atoms with Crippen LogP contribution in [0.3, 0.4) is 0 Å². The molecular weight excluding hydrogens is 424 g/mol. The summed E-state index contributed by atoms with van der Waals surface area (Å²) in [4.78, 5) is 5.98. The van der Waals surface area contributed by atoms with Crippen LogP contribution in [-0.2, 0) is 27.7 Å². The average Bonchev–Trinajstić information content (AvgIpc) is 3.28. The normalized spacial score (nSPS) is 16.8. The van der Waals surface area contributed by atoms with Gasteiger partial charge in [-0.2, -0.15) is 0 Å². The molecule has 1 aliphatic heterocycles. The molecule has 0 spiro atoms. The van der Waals surface area contributed by atoms with Crippen LogP contribution in [0.5, 0.6) is 5.75 Å². The van der Waals surface area contributed by atoms with E-state index in [1.165, 1.54) is 12.1 Å². The van der Waals surface area contributed by atoms with Crippen molar-refractivity contribution in [2.75, 3.05) is 7.11 Å². The summed E-state index contributed by atoms with van der Waals surface area (Å²) >= 11 is 0. The standard InChI is InChI=1S/C25H26N2O4S/c1-30-22-12-14-23(15-13-22)32(28,29)27-24(17-20-10-6-3-7-11-20)25-18-21(26-31-25)16-19-8-4-2-5-9-19/h2-15,18,24-27H,16-17H2,1H3. The van der Waals surface area contributed by atoms with Gasteiger partial charge in [-0.3, -0.25) is 10.3 Å². The van der Waals surface area contributed by atoms with Crippen molar-refractivity contribution in [2.24, 2.45) is 0 Å². The zero-order valence-electron chi connectivity index (χ0n) is 17.8. The van der Waals surface area contributed by atoms with E-state index < -0.39 is 22.2 Å². The molecule has 3 aromatic carbocycles. The maximum Gasteiger partial charge on any atom is 0.240 e. The van der Waals surface area contributed by atoms with Gasteiger partial charge < -0.3 is 4.74 Å². The minimum absolute atomic E-state index is 0.177. The molecule has 4 rings (SSSR count). The first-order valence-electron chi connectivity index (χ1n) is 10.4. The van der Waals surface area contributed by atoms with E-state index in [4.69, 9.17) is 9.57 Å². The van der Waals surface area contributed by atoms with E-state index in [1.54, 1.807) is 19.2 Å². The van der Waals surface area contributed by atoms with Crippen LogP contribution in [0.4, 0.5) is 0 Å². The lowest BCUT2D eigenvalue weighted by Gasteiger charge is -2.23. The fraction of sp³-hybridized carbons (Fsp3) is 0.200. The molecule has 6 nitrogen and oxygen atoms in total. The van der Waals surface area contributed by atoms with Gasteiger partial charge >= 0.3 is 0 Å². The summed E-state index contributed by atoms with van der Waals surface area (Å²) < 4.78 is 34.2. The van der Waals surface area contributed by atoms with Gasteiger partial charge in [0.25, 0.3) is 0 Å². The molecule has 2 atom stereocenters. The lowest BCUT2D eigenvalue weighted by atomic mass is 10.0. The first-order valence-corrected chi connectivity index (χ1v) is 11.9. The largest absolute Gasteiger partial charge is 0.497 e. The number of hydrogen-bond acceptors (Lipinski definition) is 5. The smallest absolute Gasteiger partial charge is 0.240 e. The summed E-state index contributed by atoms with van der Waals surface area (Å²) in [7, 11) is -2.22. The van der Waals surface area contributed by atoms with E-state index in [0.717, 1.165) is 16.8 Å². The van der Waals surface area contributed by atoms with Crippen molar-refractivity contribution in [2.45, 2.75) is 29.9 Å². The van der Waals surface area contributed by atoms with Crippen LogP contribution in [0, 0.1) is 0 Å². The molecule has 0 bridgehead atoms. The molecule has 3 aromatic rings. The first kappa shape index (κ1) is 22.1. The Bertz CT molecular complexity index is 1150. The van der Waals surface area contributed by atoms with Crippen molar-refractivity contribution < 1.29 is 18.0 Å². The molecule has 0 aliphatic carbocycles. The van der Waals surface area contributed by atoms with E-state index in [2.05, 4.69) is 10.2 Å². The topological polar surface area (TPSA) is 76.7 Å². The summed E-state index contributed by atoms with van der Waals surface area (Å²) in [5.74, 6) is 0.599. The molecule has 0 fully saturated rings. The molecule has 1 heterocycles. The SMILES string of the molecule is COc1ccc(S(=O)(=O)NC(Cc2ccccc2)C2C=C(Cc3ccccc3)NO2)cc1. The van der Waals surface area contributed by atoms with E-state index in [-0.39, 0.29) is 4.90 Å². The van der Waals surface area contributed by atoms with Gasteiger partial charge in [-0.15, -0.1) is 0 Å². The van der Waals surface area contributed by atoms with Crippen molar-refractivity contribution in [3.8, 4) is 5.75 Å². The molecule has 0 saturated carbocycles. The van der Waals surface area contributed by atoms with Gasteiger partial charge in [0.15, 0.2) is 0 Å². The molecule has 166 valence electrons. The van der Waals surface area contributed by atoms with Crippen molar-refractivity contribution in [3.63, 3.8) is 0 Å².